The van der Waals surface area contributed by atoms with Crippen molar-refractivity contribution in [2.45, 2.75) is 63.7 Å². The molecule has 2 bridgehead atoms. The molecule has 2 saturated carbocycles. The van der Waals surface area contributed by atoms with E-state index in [-0.39, 0.29) is 29.8 Å². The third-order valence-electron chi connectivity index (χ3n) is 14.1. The zero-order chi connectivity index (χ0) is 46.8. The fourth-order valence-corrected chi connectivity index (χ4v) is 10.5. The van der Waals surface area contributed by atoms with Crippen molar-refractivity contribution in [1.82, 2.24) is 40.4 Å². The molecule has 5 heterocycles. The zero-order valence-electron chi connectivity index (χ0n) is 38.4. The number of benzene rings is 4. The number of fused-ring (bicyclic) bond motifs is 7. The molecule has 0 spiro atoms. The standard InChI is InChI=1S/C50H54N8O9/c1-24(22-63-4)21-57(47(59)41(56-50(62)66-7)27-11-9-8-10-12-27)25(2)45-52-34-16-14-28-18-33-31-15-13-29(17-30(31)23-67-36(33)19-32(28)42(34)54-45)35-20-51-46(53-35)44-39-37-38(39)43(37)58(44)48(60)40(26(3)64-5)55-49(61)65-6/h8-20,24-26,37-41,43-44H,21-23H2,1-7H3,(H,51,53)(H,52,54)(H,55,61)(H,56,62)/t24-,25-,26+,37+,38?,39?,40-,41+,43?,44?/m0/s1. The minimum Gasteiger partial charge on any atom is -0.488 e. The highest BCUT2D eigenvalue weighted by molar-refractivity contribution is 6.07. The summed E-state index contributed by atoms with van der Waals surface area (Å²) in [5.41, 5.74) is 7.00. The molecule has 3 aliphatic heterocycles. The largest absolute Gasteiger partial charge is 0.488 e. The van der Waals surface area contributed by atoms with Crippen LogP contribution in [0.15, 0.2) is 79.0 Å². The maximum absolute atomic E-state index is 14.5. The first-order valence-electron chi connectivity index (χ1n) is 22.6. The van der Waals surface area contributed by atoms with Crippen molar-refractivity contribution in [2.24, 2.45) is 23.7 Å². The number of H-pyrrole nitrogens is 2. The number of ether oxygens (including phenoxy) is 5. The number of piperidine rings is 1. The van der Waals surface area contributed by atoms with Crippen LogP contribution in [-0.2, 0) is 35.1 Å². The molecule has 11 rings (SSSR count). The zero-order valence-corrected chi connectivity index (χ0v) is 38.4. The molecule has 2 saturated heterocycles. The number of hydrogen-bond donors (Lipinski definition) is 4. The van der Waals surface area contributed by atoms with Crippen LogP contribution >= 0.6 is 0 Å². The summed E-state index contributed by atoms with van der Waals surface area (Å²) in [6.45, 7) is 6.82. The van der Waals surface area contributed by atoms with Gasteiger partial charge in [0, 0.05) is 37.8 Å². The van der Waals surface area contributed by atoms with Crippen molar-refractivity contribution in [3.05, 3.63) is 102 Å². The van der Waals surface area contributed by atoms with Crippen molar-refractivity contribution in [2.75, 3.05) is 41.6 Å². The van der Waals surface area contributed by atoms with Crippen LogP contribution in [0.5, 0.6) is 5.75 Å². The summed E-state index contributed by atoms with van der Waals surface area (Å²) >= 11 is 0. The Morgan fingerprint density at radius 1 is 0.881 bits per heavy atom. The molecule has 5 aliphatic rings. The summed E-state index contributed by atoms with van der Waals surface area (Å²) in [7, 11) is 5.69. The molecule has 4 fully saturated rings. The van der Waals surface area contributed by atoms with E-state index in [0.29, 0.717) is 48.9 Å². The Kier molecular flexibility index (Phi) is 11.4. The number of amides is 4. The van der Waals surface area contributed by atoms with Gasteiger partial charge < -0.3 is 54.1 Å². The molecule has 17 nitrogen and oxygen atoms in total. The van der Waals surface area contributed by atoms with Gasteiger partial charge in [-0.05, 0) is 89.4 Å². The van der Waals surface area contributed by atoms with Crippen LogP contribution in [0.3, 0.4) is 0 Å². The van der Waals surface area contributed by atoms with Crippen molar-refractivity contribution >= 4 is 45.8 Å². The molecule has 2 aromatic heterocycles. The van der Waals surface area contributed by atoms with E-state index in [1.165, 1.54) is 21.3 Å². The van der Waals surface area contributed by atoms with Gasteiger partial charge in [0.1, 0.15) is 36.1 Å². The lowest BCUT2D eigenvalue weighted by atomic mass is 9.92. The molecule has 4 unspecified atom stereocenters. The second-order valence-corrected chi connectivity index (χ2v) is 18.2. The Morgan fingerprint density at radius 3 is 2.37 bits per heavy atom. The number of carbonyl (C=O) groups excluding carboxylic acids is 4. The number of imidazole rings is 2. The van der Waals surface area contributed by atoms with E-state index in [2.05, 4.69) is 50.9 Å². The summed E-state index contributed by atoms with van der Waals surface area (Å²) in [5.74, 6) is 2.79. The van der Waals surface area contributed by atoms with Crippen LogP contribution in [0, 0.1) is 23.7 Å². The third kappa shape index (κ3) is 7.68. The molecule has 348 valence electrons. The number of hydrogen-bond acceptors (Lipinski definition) is 11. The van der Waals surface area contributed by atoms with Gasteiger partial charge in [-0.1, -0.05) is 55.5 Å². The Hall–Kier alpha value is -6.98. The van der Waals surface area contributed by atoms with Crippen LogP contribution in [0.1, 0.15) is 61.7 Å². The van der Waals surface area contributed by atoms with E-state index >= 15 is 0 Å². The van der Waals surface area contributed by atoms with Crippen molar-refractivity contribution in [3.63, 3.8) is 0 Å². The topological polar surface area (TPSA) is 202 Å². The fraction of sp³-hybridized carbons (Fsp3) is 0.400. The number of alkyl carbamates (subject to hydrolysis) is 2. The highest BCUT2D eigenvalue weighted by atomic mass is 16.5. The molecule has 67 heavy (non-hydrogen) atoms. The van der Waals surface area contributed by atoms with Gasteiger partial charge in [0.15, 0.2) is 0 Å². The Balaban J connectivity index is 0.911. The van der Waals surface area contributed by atoms with Crippen LogP contribution < -0.4 is 15.4 Å². The van der Waals surface area contributed by atoms with E-state index in [0.717, 1.165) is 61.3 Å². The first kappa shape index (κ1) is 43.9. The molecule has 2 aliphatic carbocycles. The number of carbonyl (C=O) groups is 4. The van der Waals surface area contributed by atoms with E-state index in [1.807, 2.05) is 55.3 Å². The first-order valence-corrected chi connectivity index (χ1v) is 22.6. The lowest BCUT2D eigenvalue weighted by molar-refractivity contribution is -0.138. The summed E-state index contributed by atoms with van der Waals surface area (Å²) in [6, 6.07) is 21.2. The fourth-order valence-electron chi connectivity index (χ4n) is 10.5. The Labute approximate surface area is 386 Å². The van der Waals surface area contributed by atoms with Gasteiger partial charge in [-0.2, -0.15) is 0 Å². The molecule has 17 heteroatoms. The maximum atomic E-state index is 14.5. The van der Waals surface area contributed by atoms with Crippen molar-refractivity contribution < 1.29 is 42.9 Å². The van der Waals surface area contributed by atoms with Gasteiger partial charge in [-0.3, -0.25) is 9.59 Å². The minimum absolute atomic E-state index is 0.0231. The van der Waals surface area contributed by atoms with Crippen molar-refractivity contribution in [3.8, 4) is 28.1 Å². The van der Waals surface area contributed by atoms with Gasteiger partial charge in [0.2, 0.25) is 5.91 Å². The highest BCUT2D eigenvalue weighted by Gasteiger charge is 2.86. The monoisotopic (exact) mass is 910 g/mol. The molecular weight excluding hydrogens is 857 g/mol. The maximum Gasteiger partial charge on any atom is 0.407 e. The summed E-state index contributed by atoms with van der Waals surface area (Å²) < 4.78 is 27.1. The average Bonchev–Trinajstić information content (AvgIpc) is 3.87. The minimum atomic E-state index is -0.995. The first-order chi connectivity index (χ1) is 32.4. The molecular formula is C50H54N8O9. The van der Waals surface area contributed by atoms with E-state index in [4.69, 9.17) is 33.7 Å². The number of nitrogens with zero attached hydrogens (tertiary/aromatic N) is 4. The van der Waals surface area contributed by atoms with E-state index in [9.17, 15) is 19.2 Å². The normalized spacial score (nSPS) is 21.7. The summed E-state index contributed by atoms with van der Waals surface area (Å²) in [4.78, 5) is 73.9. The quantitative estimate of drug-likeness (QED) is 0.0842. The third-order valence-corrected chi connectivity index (χ3v) is 14.1. The molecule has 0 radical (unpaired) electrons. The summed E-state index contributed by atoms with van der Waals surface area (Å²) in [6.07, 6.45) is -0.142. The predicted molar refractivity (Wildman–Crippen MR) is 246 cm³/mol. The Morgan fingerprint density at radius 2 is 1.64 bits per heavy atom. The predicted octanol–water partition coefficient (Wildman–Crippen LogP) is 6.82. The van der Waals surface area contributed by atoms with Gasteiger partial charge in [-0.15, -0.1) is 0 Å². The van der Waals surface area contributed by atoms with Crippen LogP contribution in [-0.4, -0.2) is 114 Å². The molecule has 4 aromatic carbocycles. The van der Waals surface area contributed by atoms with E-state index < -0.39 is 36.4 Å². The van der Waals surface area contributed by atoms with Gasteiger partial charge in [0.05, 0.1) is 61.9 Å². The van der Waals surface area contributed by atoms with E-state index in [1.54, 1.807) is 31.1 Å². The highest BCUT2D eigenvalue weighted by Crippen LogP contribution is 2.81. The van der Waals surface area contributed by atoms with Gasteiger partial charge in [0.25, 0.3) is 5.91 Å². The number of nitrogens with one attached hydrogen (secondary N) is 4. The number of aromatic amines is 2. The second-order valence-electron chi connectivity index (χ2n) is 18.2. The van der Waals surface area contributed by atoms with Crippen LogP contribution in [0.4, 0.5) is 9.59 Å². The average molecular weight is 911 g/mol. The van der Waals surface area contributed by atoms with Gasteiger partial charge in [-0.25, -0.2) is 19.6 Å². The smallest absolute Gasteiger partial charge is 0.407 e. The lowest BCUT2D eigenvalue weighted by Crippen LogP contribution is -2.54. The Bertz CT molecular complexity index is 2890. The molecule has 10 atom stereocenters. The number of methoxy groups -OCH3 is 4. The number of rotatable bonds is 15. The molecule has 4 N–H and O–H groups in total. The number of aromatic nitrogens is 4. The van der Waals surface area contributed by atoms with Crippen LogP contribution in [0.25, 0.3) is 44.2 Å². The second kappa shape index (κ2) is 17.3. The summed E-state index contributed by atoms with van der Waals surface area (Å²) in [5, 5.41) is 7.30. The molecule has 6 aromatic rings. The van der Waals surface area contributed by atoms with Crippen LogP contribution in [0.2, 0.25) is 0 Å². The van der Waals surface area contributed by atoms with Crippen molar-refractivity contribution in [1.29, 1.82) is 0 Å². The SMILES string of the molecule is COC[C@@H](C)CN(C(=O)[C@H](NC(=O)OC)c1ccccc1)[C@@H](C)c1nc2c(ccc3cc4c(cc32)OCc2cc(-c3cnc(C5C6C7C([C@@H]67)N5C(=O)[C@@H](NC(=O)OC)[C@@H](C)OC)[nH]3)ccc2-4)[nH]1. The molecule has 4 amide bonds. The lowest BCUT2D eigenvalue weighted by Gasteiger charge is -2.33. The van der Waals surface area contributed by atoms with Gasteiger partial charge >= 0.3 is 12.2 Å².